The van der Waals surface area contributed by atoms with Gasteiger partial charge in [-0.15, -0.1) is 0 Å². The highest BCUT2D eigenvalue weighted by atomic mass is 79.9. The van der Waals surface area contributed by atoms with Crippen LogP contribution in [-0.2, 0) is 21.3 Å². The minimum Gasteiger partial charge on any atom is -0.496 e. The fourth-order valence-corrected chi connectivity index (χ4v) is 1.97. The average Bonchev–Trinajstić information content (AvgIpc) is 2.30. The van der Waals surface area contributed by atoms with Crippen molar-refractivity contribution >= 4 is 33.5 Å². The van der Waals surface area contributed by atoms with E-state index < -0.39 is 0 Å². The Morgan fingerprint density at radius 3 is 2.56 bits per heavy atom. The van der Waals surface area contributed by atoms with E-state index in [2.05, 4.69) is 20.7 Å². The number of esters is 1. The largest absolute Gasteiger partial charge is 0.496 e. The maximum atomic E-state index is 11.2. The smallest absolute Gasteiger partial charge is 0.310 e. The summed E-state index contributed by atoms with van der Waals surface area (Å²) in [4.78, 5) is 11.2. The Balaban J connectivity index is 3.06. The minimum atomic E-state index is -0.312. The van der Waals surface area contributed by atoms with Crippen molar-refractivity contribution in [2.75, 3.05) is 14.2 Å². The van der Waals surface area contributed by atoms with Crippen LogP contribution in [-0.4, -0.2) is 20.2 Å². The van der Waals surface area contributed by atoms with Crippen molar-refractivity contribution in [2.24, 2.45) is 0 Å². The van der Waals surface area contributed by atoms with Gasteiger partial charge < -0.3 is 9.47 Å². The maximum absolute atomic E-state index is 11.2. The topological polar surface area (TPSA) is 35.5 Å². The van der Waals surface area contributed by atoms with Gasteiger partial charge in [-0.25, -0.2) is 0 Å². The first-order valence-electron chi connectivity index (χ1n) is 4.60. The third kappa shape index (κ3) is 3.12. The zero-order valence-corrected chi connectivity index (χ0v) is 11.4. The first-order valence-corrected chi connectivity index (χ1v) is 6.10. The highest BCUT2D eigenvalue weighted by Crippen LogP contribution is 2.29. The van der Waals surface area contributed by atoms with E-state index in [-0.39, 0.29) is 12.4 Å². The van der Waals surface area contributed by atoms with Gasteiger partial charge in [-0.3, -0.25) is 4.79 Å². The lowest BCUT2D eigenvalue weighted by Crippen LogP contribution is -2.05. The van der Waals surface area contributed by atoms with Gasteiger partial charge in [-0.1, -0.05) is 27.5 Å². The molecular formula is C11H12BrClO3. The van der Waals surface area contributed by atoms with Crippen LogP contribution in [0.15, 0.2) is 12.1 Å². The van der Waals surface area contributed by atoms with Gasteiger partial charge in [0.15, 0.2) is 0 Å². The van der Waals surface area contributed by atoms with E-state index >= 15 is 0 Å². The minimum absolute atomic E-state index is 0.166. The molecular weight excluding hydrogens is 295 g/mol. The third-order valence-corrected chi connectivity index (χ3v) is 3.11. The van der Waals surface area contributed by atoms with E-state index in [1.807, 2.05) is 6.07 Å². The van der Waals surface area contributed by atoms with Gasteiger partial charge in [0, 0.05) is 15.9 Å². The number of carbonyl (C=O) groups is 1. The van der Waals surface area contributed by atoms with Crippen LogP contribution < -0.4 is 4.74 Å². The van der Waals surface area contributed by atoms with E-state index in [1.165, 1.54) is 7.11 Å². The Morgan fingerprint density at radius 2 is 2.06 bits per heavy atom. The molecule has 0 saturated carbocycles. The predicted octanol–water partition coefficient (Wildman–Crippen LogP) is 2.96. The molecule has 0 unspecified atom stereocenters. The van der Waals surface area contributed by atoms with Crippen LogP contribution in [0.1, 0.15) is 11.1 Å². The predicted molar refractivity (Wildman–Crippen MR) is 66.4 cm³/mol. The van der Waals surface area contributed by atoms with Crippen LogP contribution in [0.5, 0.6) is 5.75 Å². The molecule has 1 rings (SSSR count). The molecule has 0 aliphatic rings. The zero-order valence-electron chi connectivity index (χ0n) is 9.05. The number of rotatable bonds is 4. The summed E-state index contributed by atoms with van der Waals surface area (Å²) in [5, 5.41) is 1.15. The molecule has 1 aromatic carbocycles. The summed E-state index contributed by atoms with van der Waals surface area (Å²) >= 11 is 9.39. The van der Waals surface area contributed by atoms with Gasteiger partial charge in [0.1, 0.15) is 5.75 Å². The Hall–Kier alpha value is -0.740. The van der Waals surface area contributed by atoms with E-state index in [1.54, 1.807) is 13.2 Å². The molecule has 0 aliphatic carbocycles. The standard InChI is InChI=1S/C11H12BrClO3/c1-15-10-5-9(13)7(3-8(10)6-12)4-11(14)16-2/h3,5H,4,6H2,1-2H3. The Bertz CT molecular complexity index is 393. The first-order chi connectivity index (χ1) is 7.62. The lowest BCUT2D eigenvalue weighted by molar-refractivity contribution is -0.139. The quantitative estimate of drug-likeness (QED) is 0.634. The van der Waals surface area contributed by atoms with Gasteiger partial charge in [-0.05, 0) is 17.7 Å². The Morgan fingerprint density at radius 1 is 1.38 bits per heavy atom. The molecule has 0 heterocycles. The van der Waals surface area contributed by atoms with Crippen LogP contribution >= 0.6 is 27.5 Å². The van der Waals surface area contributed by atoms with Crippen LogP contribution in [0.2, 0.25) is 5.02 Å². The second-order valence-electron chi connectivity index (χ2n) is 3.14. The Labute approximate surface area is 108 Å². The molecule has 0 atom stereocenters. The number of hydrogen-bond donors (Lipinski definition) is 0. The van der Waals surface area contributed by atoms with Gasteiger partial charge in [-0.2, -0.15) is 0 Å². The van der Waals surface area contributed by atoms with Crippen LogP contribution in [0, 0.1) is 0 Å². The van der Waals surface area contributed by atoms with Crippen molar-refractivity contribution in [1.29, 1.82) is 0 Å². The number of hydrogen-bond acceptors (Lipinski definition) is 3. The number of methoxy groups -OCH3 is 2. The molecule has 5 heteroatoms. The zero-order chi connectivity index (χ0) is 12.1. The molecule has 0 aliphatic heterocycles. The summed E-state index contributed by atoms with van der Waals surface area (Å²) < 4.78 is 9.77. The SMILES string of the molecule is COC(=O)Cc1cc(CBr)c(OC)cc1Cl. The van der Waals surface area contributed by atoms with Crippen molar-refractivity contribution in [1.82, 2.24) is 0 Å². The molecule has 0 spiro atoms. The number of benzene rings is 1. The number of alkyl halides is 1. The third-order valence-electron chi connectivity index (χ3n) is 2.16. The van der Waals surface area contributed by atoms with Gasteiger partial charge in [0.25, 0.3) is 0 Å². The number of halogens is 2. The summed E-state index contributed by atoms with van der Waals surface area (Å²) in [6.45, 7) is 0. The highest BCUT2D eigenvalue weighted by molar-refractivity contribution is 9.08. The summed E-state index contributed by atoms with van der Waals surface area (Å²) in [5.74, 6) is 0.392. The summed E-state index contributed by atoms with van der Waals surface area (Å²) in [6, 6.07) is 3.54. The molecule has 16 heavy (non-hydrogen) atoms. The summed E-state index contributed by atoms with van der Waals surface area (Å²) in [5.41, 5.74) is 1.69. The molecule has 0 radical (unpaired) electrons. The van der Waals surface area contributed by atoms with Crippen LogP contribution in [0.25, 0.3) is 0 Å². The normalized spacial score (nSPS) is 10.0. The highest BCUT2D eigenvalue weighted by Gasteiger charge is 2.11. The monoisotopic (exact) mass is 306 g/mol. The second kappa shape index (κ2) is 6.11. The summed E-state index contributed by atoms with van der Waals surface area (Å²) in [6.07, 6.45) is 0.166. The molecule has 0 N–H and O–H groups in total. The van der Waals surface area contributed by atoms with Crippen molar-refractivity contribution < 1.29 is 14.3 Å². The maximum Gasteiger partial charge on any atom is 0.310 e. The van der Waals surface area contributed by atoms with Crippen molar-refractivity contribution in [2.45, 2.75) is 11.8 Å². The molecule has 3 nitrogen and oxygen atoms in total. The van der Waals surface area contributed by atoms with Crippen molar-refractivity contribution in [3.63, 3.8) is 0 Å². The average molecular weight is 308 g/mol. The van der Waals surface area contributed by atoms with E-state index in [0.717, 1.165) is 11.1 Å². The molecule has 0 bridgehead atoms. The van der Waals surface area contributed by atoms with Crippen molar-refractivity contribution in [3.05, 3.63) is 28.3 Å². The fraction of sp³-hybridized carbons (Fsp3) is 0.364. The number of ether oxygens (including phenoxy) is 2. The van der Waals surface area contributed by atoms with Crippen LogP contribution in [0.4, 0.5) is 0 Å². The molecule has 88 valence electrons. The Kier molecular flexibility index (Phi) is 5.09. The van der Waals surface area contributed by atoms with Crippen LogP contribution in [0.3, 0.4) is 0 Å². The first kappa shape index (κ1) is 13.3. The van der Waals surface area contributed by atoms with Crippen molar-refractivity contribution in [3.8, 4) is 5.75 Å². The van der Waals surface area contributed by atoms with E-state index in [0.29, 0.717) is 16.1 Å². The molecule has 0 fully saturated rings. The molecule has 0 amide bonds. The summed E-state index contributed by atoms with van der Waals surface area (Å²) in [7, 11) is 2.93. The van der Waals surface area contributed by atoms with Gasteiger partial charge >= 0.3 is 5.97 Å². The number of carbonyl (C=O) groups excluding carboxylic acids is 1. The second-order valence-corrected chi connectivity index (χ2v) is 4.11. The van der Waals surface area contributed by atoms with E-state index in [9.17, 15) is 4.79 Å². The van der Waals surface area contributed by atoms with Gasteiger partial charge in [0.2, 0.25) is 0 Å². The molecule has 0 aromatic heterocycles. The molecule has 0 saturated heterocycles. The lowest BCUT2D eigenvalue weighted by atomic mass is 10.1. The lowest BCUT2D eigenvalue weighted by Gasteiger charge is -2.10. The van der Waals surface area contributed by atoms with Gasteiger partial charge in [0.05, 0.1) is 20.6 Å². The fourth-order valence-electron chi connectivity index (χ4n) is 1.31. The molecule has 1 aromatic rings. The van der Waals surface area contributed by atoms with E-state index in [4.69, 9.17) is 16.3 Å².